The molecule has 0 radical (unpaired) electrons. The lowest BCUT2D eigenvalue weighted by Crippen LogP contribution is -2.44. The zero-order valence-electron chi connectivity index (χ0n) is 12.6. The summed E-state index contributed by atoms with van der Waals surface area (Å²) in [6.07, 6.45) is 1.57. The summed E-state index contributed by atoms with van der Waals surface area (Å²) in [6.45, 7) is 2.43. The molecule has 1 aliphatic heterocycles. The Morgan fingerprint density at radius 1 is 1.17 bits per heavy atom. The molecule has 0 saturated carbocycles. The van der Waals surface area contributed by atoms with Crippen LogP contribution in [0.25, 0.3) is 0 Å². The molecule has 23 heavy (non-hydrogen) atoms. The van der Waals surface area contributed by atoms with Crippen molar-refractivity contribution in [3.05, 3.63) is 53.2 Å². The van der Waals surface area contributed by atoms with Gasteiger partial charge in [-0.1, -0.05) is 18.2 Å². The Bertz CT molecular complexity index is 722. The number of likely N-dealkylation sites (tertiary alicyclic amines) is 1. The maximum atomic E-state index is 12.9. The molecule has 1 aliphatic rings. The highest BCUT2D eigenvalue weighted by Gasteiger charge is 2.25. The Morgan fingerprint density at radius 2 is 1.87 bits per heavy atom. The minimum absolute atomic E-state index is 0.0217. The first-order valence-corrected chi connectivity index (χ1v) is 9.92. The van der Waals surface area contributed by atoms with Gasteiger partial charge < -0.3 is 0 Å². The Kier molecular flexibility index (Phi) is 5.11. The average molecular weight is 354 g/mol. The summed E-state index contributed by atoms with van der Waals surface area (Å²) in [5, 5.41) is 1.76. The first-order valence-electron chi connectivity index (χ1n) is 7.55. The van der Waals surface area contributed by atoms with Crippen LogP contribution >= 0.6 is 11.3 Å². The van der Waals surface area contributed by atoms with Crippen molar-refractivity contribution in [2.24, 2.45) is 0 Å². The second-order valence-corrected chi connectivity index (χ2v) is 8.62. The molecule has 124 valence electrons. The van der Waals surface area contributed by atoms with Gasteiger partial charge in [-0.3, -0.25) is 4.90 Å². The maximum Gasteiger partial charge on any atom is 0.250 e. The fourth-order valence-electron chi connectivity index (χ4n) is 2.75. The molecule has 1 aromatic carbocycles. The molecule has 0 spiro atoms. The van der Waals surface area contributed by atoms with Crippen LogP contribution in [-0.4, -0.2) is 32.4 Å². The van der Waals surface area contributed by atoms with Crippen molar-refractivity contribution in [3.63, 3.8) is 0 Å². The molecular weight excluding hydrogens is 335 g/mol. The summed E-state index contributed by atoms with van der Waals surface area (Å²) in [4.78, 5) is 2.27. The van der Waals surface area contributed by atoms with Gasteiger partial charge in [0.25, 0.3) is 0 Å². The second-order valence-electron chi connectivity index (χ2n) is 5.73. The predicted octanol–water partition coefficient (Wildman–Crippen LogP) is 2.83. The van der Waals surface area contributed by atoms with Crippen LogP contribution in [0, 0.1) is 5.82 Å². The van der Waals surface area contributed by atoms with Gasteiger partial charge in [0.15, 0.2) is 0 Å². The standard InChI is InChI=1S/C16H19FN2O2S2/c17-14-5-3-13(4-6-14)12-19-9-7-15(8-10-19)18-23(20,21)16-2-1-11-22-16/h1-6,11,15,18H,7-10,12H2. The van der Waals surface area contributed by atoms with Crippen LogP contribution in [0.2, 0.25) is 0 Å². The van der Waals surface area contributed by atoms with Crippen LogP contribution in [0.4, 0.5) is 4.39 Å². The van der Waals surface area contributed by atoms with Gasteiger partial charge in [0.1, 0.15) is 10.0 Å². The fourth-order valence-corrected chi connectivity index (χ4v) is 5.07. The highest BCUT2D eigenvalue weighted by atomic mass is 32.2. The fraction of sp³-hybridized carbons (Fsp3) is 0.375. The van der Waals surface area contributed by atoms with Crippen molar-refractivity contribution in [1.82, 2.24) is 9.62 Å². The lowest BCUT2D eigenvalue weighted by atomic mass is 10.1. The first-order chi connectivity index (χ1) is 11.0. The summed E-state index contributed by atoms with van der Waals surface area (Å²) < 4.78 is 40.5. The molecule has 0 bridgehead atoms. The van der Waals surface area contributed by atoms with Crippen LogP contribution in [0.15, 0.2) is 46.0 Å². The van der Waals surface area contributed by atoms with E-state index >= 15 is 0 Å². The Morgan fingerprint density at radius 3 is 2.48 bits per heavy atom. The molecule has 1 N–H and O–H groups in total. The van der Waals surface area contributed by atoms with E-state index in [9.17, 15) is 12.8 Å². The summed E-state index contributed by atoms with van der Waals surface area (Å²) in [7, 11) is -3.39. The Hall–Kier alpha value is -1.28. The topological polar surface area (TPSA) is 49.4 Å². The van der Waals surface area contributed by atoms with Gasteiger partial charge in [-0.25, -0.2) is 17.5 Å². The van der Waals surface area contributed by atoms with Gasteiger partial charge in [0.2, 0.25) is 10.0 Å². The minimum atomic E-state index is -3.39. The normalized spacial score (nSPS) is 17.4. The number of thiophene rings is 1. The summed E-state index contributed by atoms with van der Waals surface area (Å²) in [6, 6.07) is 9.86. The molecule has 3 rings (SSSR count). The van der Waals surface area contributed by atoms with Crippen LogP contribution in [0.1, 0.15) is 18.4 Å². The molecule has 0 amide bonds. The van der Waals surface area contributed by atoms with Crippen molar-refractivity contribution >= 4 is 21.4 Å². The molecule has 2 heterocycles. The summed E-state index contributed by atoms with van der Waals surface area (Å²) >= 11 is 1.23. The molecule has 2 aromatic rings. The third-order valence-corrected chi connectivity index (χ3v) is 6.91. The SMILES string of the molecule is O=S(=O)(NC1CCN(Cc2ccc(F)cc2)CC1)c1cccs1. The van der Waals surface area contributed by atoms with Gasteiger partial charge in [-0.15, -0.1) is 11.3 Å². The quantitative estimate of drug-likeness (QED) is 0.898. The second kappa shape index (κ2) is 7.09. The van der Waals surface area contributed by atoms with Crippen molar-refractivity contribution in [3.8, 4) is 0 Å². The largest absolute Gasteiger partial charge is 0.299 e. The third kappa shape index (κ3) is 4.38. The van der Waals surface area contributed by atoms with Gasteiger partial charge in [0.05, 0.1) is 0 Å². The number of hydrogen-bond donors (Lipinski definition) is 1. The lowest BCUT2D eigenvalue weighted by Gasteiger charge is -2.32. The Labute approximate surface area is 140 Å². The van der Waals surface area contributed by atoms with E-state index in [0.29, 0.717) is 4.21 Å². The van der Waals surface area contributed by atoms with Crippen LogP contribution in [-0.2, 0) is 16.6 Å². The number of piperidine rings is 1. The van der Waals surface area contributed by atoms with E-state index < -0.39 is 10.0 Å². The summed E-state index contributed by atoms with van der Waals surface area (Å²) in [5.41, 5.74) is 1.07. The minimum Gasteiger partial charge on any atom is -0.299 e. The molecule has 1 fully saturated rings. The van der Waals surface area contributed by atoms with Crippen LogP contribution < -0.4 is 4.72 Å². The number of hydrogen-bond acceptors (Lipinski definition) is 4. The zero-order chi connectivity index (χ0) is 16.3. The van der Waals surface area contributed by atoms with E-state index in [-0.39, 0.29) is 11.9 Å². The van der Waals surface area contributed by atoms with E-state index in [2.05, 4.69) is 9.62 Å². The van der Waals surface area contributed by atoms with Crippen molar-refractivity contribution < 1.29 is 12.8 Å². The number of sulfonamides is 1. The number of halogens is 1. The molecule has 0 atom stereocenters. The first kappa shape index (κ1) is 16.6. The molecule has 1 saturated heterocycles. The molecule has 4 nitrogen and oxygen atoms in total. The molecule has 7 heteroatoms. The van der Waals surface area contributed by atoms with Gasteiger partial charge in [0, 0.05) is 25.7 Å². The molecule has 0 unspecified atom stereocenters. The smallest absolute Gasteiger partial charge is 0.250 e. The van der Waals surface area contributed by atoms with Gasteiger partial charge in [-0.05, 0) is 42.0 Å². The highest BCUT2D eigenvalue weighted by molar-refractivity contribution is 7.91. The molecule has 0 aliphatic carbocycles. The van der Waals surface area contributed by atoms with Crippen LogP contribution in [0.5, 0.6) is 0 Å². The van der Waals surface area contributed by atoms with E-state index in [0.717, 1.165) is 38.0 Å². The molecule has 1 aromatic heterocycles. The number of rotatable bonds is 5. The van der Waals surface area contributed by atoms with E-state index in [4.69, 9.17) is 0 Å². The van der Waals surface area contributed by atoms with E-state index in [1.54, 1.807) is 29.6 Å². The Balaban J connectivity index is 1.51. The number of nitrogens with one attached hydrogen (secondary N) is 1. The lowest BCUT2D eigenvalue weighted by molar-refractivity contribution is 0.200. The maximum absolute atomic E-state index is 12.9. The third-order valence-electron chi connectivity index (χ3n) is 3.99. The zero-order valence-corrected chi connectivity index (χ0v) is 14.2. The summed E-state index contributed by atoms with van der Waals surface area (Å²) in [5.74, 6) is -0.226. The number of benzene rings is 1. The van der Waals surface area contributed by atoms with Gasteiger partial charge >= 0.3 is 0 Å². The monoisotopic (exact) mass is 354 g/mol. The highest BCUT2D eigenvalue weighted by Crippen LogP contribution is 2.19. The van der Waals surface area contributed by atoms with Crippen molar-refractivity contribution in [2.75, 3.05) is 13.1 Å². The van der Waals surface area contributed by atoms with E-state index in [1.165, 1.54) is 23.5 Å². The van der Waals surface area contributed by atoms with Gasteiger partial charge in [-0.2, -0.15) is 0 Å². The van der Waals surface area contributed by atoms with Crippen molar-refractivity contribution in [1.29, 1.82) is 0 Å². The molecular formula is C16H19FN2O2S2. The van der Waals surface area contributed by atoms with Crippen molar-refractivity contribution in [2.45, 2.75) is 29.6 Å². The average Bonchev–Trinajstić information content (AvgIpc) is 3.07. The predicted molar refractivity (Wildman–Crippen MR) is 89.3 cm³/mol. The van der Waals surface area contributed by atoms with Crippen LogP contribution in [0.3, 0.4) is 0 Å². The van der Waals surface area contributed by atoms with E-state index in [1.807, 2.05) is 0 Å². The number of nitrogens with zero attached hydrogens (tertiary/aromatic N) is 1.